The molecule has 0 aliphatic heterocycles. The van der Waals surface area contributed by atoms with Gasteiger partial charge in [0, 0.05) is 13.7 Å². The Bertz CT molecular complexity index is 251. The maximum absolute atomic E-state index is 8.80. The highest BCUT2D eigenvalue weighted by Gasteiger charge is 2.03. The minimum absolute atomic E-state index is 0.256. The Morgan fingerprint density at radius 2 is 2.46 bits per heavy atom. The Balaban J connectivity index is 2.24. The first-order valence-corrected chi connectivity index (χ1v) is 5.41. The first kappa shape index (κ1) is 10.5. The highest BCUT2D eigenvalue weighted by Crippen LogP contribution is 2.12. The van der Waals surface area contributed by atoms with E-state index in [1.165, 1.54) is 0 Å². The van der Waals surface area contributed by atoms with Crippen LogP contribution in [0.3, 0.4) is 0 Å². The minimum Gasteiger partial charge on any atom is -0.396 e. The molecule has 0 saturated carbocycles. The van der Waals surface area contributed by atoms with Crippen LogP contribution < -0.4 is 0 Å². The van der Waals surface area contributed by atoms with E-state index in [-0.39, 0.29) is 6.61 Å². The average molecular weight is 201 g/mol. The number of hydrogen-bond donors (Lipinski definition) is 1. The molecule has 0 spiro atoms. The van der Waals surface area contributed by atoms with Crippen LogP contribution in [0.15, 0.2) is 6.33 Å². The van der Waals surface area contributed by atoms with Crippen molar-refractivity contribution in [2.75, 3.05) is 12.4 Å². The molecular weight excluding hydrogens is 186 g/mol. The summed E-state index contributed by atoms with van der Waals surface area (Å²) in [5.41, 5.74) is 0. The van der Waals surface area contributed by atoms with E-state index in [0.29, 0.717) is 5.92 Å². The Hall–Kier alpha value is -0.550. The molecule has 0 radical (unpaired) electrons. The lowest BCUT2D eigenvalue weighted by Gasteiger charge is -2.06. The van der Waals surface area contributed by atoms with E-state index in [4.69, 9.17) is 5.11 Å². The van der Waals surface area contributed by atoms with E-state index in [9.17, 15) is 0 Å². The Kier molecular flexibility index (Phi) is 4.24. The van der Waals surface area contributed by atoms with Crippen LogP contribution in [0.25, 0.3) is 0 Å². The van der Waals surface area contributed by atoms with Gasteiger partial charge in [0.1, 0.15) is 12.2 Å². The zero-order valence-electron chi connectivity index (χ0n) is 7.97. The Labute approximate surface area is 82.4 Å². The van der Waals surface area contributed by atoms with E-state index in [2.05, 4.69) is 10.2 Å². The Morgan fingerprint density at radius 1 is 1.69 bits per heavy atom. The van der Waals surface area contributed by atoms with Gasteiger partial charge in [-0.3, -0.25) is 0 Å². The summed E-state index contributed by atoms with van der Waals surface area (Å²) in [6.45, 7) is 2.29. The standard InChI is InChI=1S/C8H15N3OS/c1-7(3-12)4-13-5-8-10-9-6-11(8)2/h6-7,12H,3-5H2,1-2H3. The summed E-state index contributed by atoms with van der Waals surface area (Å²) in [6, 6.07) is 0. The highest BCUT2D eigenvalue weighted by atomic mass is 32.2. The van der Waals surface area contributed by atoms with Gasteiger partial charge in [0.25, 0.3) is 0 Å². The lowest BCUT2D eigenvalue weighted by atomic mass is 10.2. The summed E-state index contributed by atoms with van der Waals surface area (Å²) in [5, 5.41) is 16.6. The SMILES string of the molecule is CC(CO)CSCc1nncn1C. The van der Waals surface area contributed by atoms with Crippen molar-refractivity contribution in [1.29, 1.82) is 0 Å². The van der Waals surface area contributed by atoms with E-state index in [0.717, 1.165) is 17.3 Å². The van der Waals surface area contributed by atoms with Gasteiger partial charge in [0.2, 0.25) is 0 Å². The van der Waals surface area contributed by atoms with Gasteiger partial charge in [-0.2, -0.15) is 11.8 Å². The molecular formula is C8H15N3OS. The van der Waals surface area contributed by atoms with Gasteiger partial charge in [-0.25, -0.2) is 0 Å². The van der Waals surface area contributed by atoms with Crippen LogP contribution in [0.4, 0.5) is 0 Å². The second-order valence-electron chi connectivity index (χ2n) is 3.16. The molecule has 1 unspecified atom stereocenters. The summed E-state index contributed by atoms with van der Waals surface area (Å²) >= 11 is 1.77. The summed E-state index contributed by atoms with van der Waals surface area (Å²) in [6.07, 6.45) is 1.70. The maximum atomic E-state index is 8.80. The zero-order chi connectivity index (χ0) is 9.68. The molecule has 1 atom stereocenters. The van der Waals surface area contributed by atoms with Gasteiger partial charge in [-0.15, -0.1) is 10.2 Å². The lowest BCUT2D eigenvalue weighted by molar-refractivity contribution is 0.250. The van der Waals surface area contributed by atoms with Crippen molar-refractivity contribution in [2.45, 2.75) is 12.7 Å². The molecule has 0 amide bonds. The lowest BCUT2D eigenvalue weighted by Crippen LogP contribution is -2.04. The maximum Gasteiger partial charge on any atom is 0.142 e. The van der Waals surface area contributed by atoms with Gasteiger partial charge >= 0.3 is 0 Å². The van der Waals surface area contributed by atoms with Gasteiger partial charge in [0.15, 0.2) is 0 Å². The van der Waals surface area contributed by atoms with E-state index >= 15 is 0 Å². The van der Waals surface area contributed by atoms with Crippen molar-refractivity contribution in [3.8, 4) is 0 Å². The summed E-state index contributed by atoms with van der Waals surface area (Å²) in [7, 11) is 1.94. The molecule has 0 fully saturated rings. The predicted molar refractivity (Wildman–Crippen MR) is 53.4 cm³/mol. The monoisotopic (exact) mass is 201 g/mol. The van der Waals surface area contributed by atoms with Gasteiger partial charge in [-0.05, 0) is 11.7 Å². The third-order valence-electron chi connectivity index (χ3n) is 1.75. The average Bonchev–Trinajstić information content (AvgIpc) is 2.52. The van der Waals surface area contributed by atoms with Crippen LogP contribution in [0.1, 0.15) is 12.7 Å². The van der Waals surface area contributed by atoms with Crippen molar-refractivity contribution in [1.82, 2.24) is 14.8 Å². The fourth-order valence-electron chi connectivity index (χ4n) is 0.842. The molecule has 1 heterocycles. The van der Waals surface area contributed by atoms with Crippen LogP contribution in [-0.2, 0) is 12.8 Å². The number of aryl methyl sites for hydroxylation is 1. The van der Waals surface area contributed by atoms with Crippen LogP contribution in [0.5, 0.6) is 0 Å². The minimum atomic E-state index is 0.256. The molecule has 0 bridgehead atoms. The molecule has 0 aliphatic carbocycles. The molecule has 13 heavy (non-hydrogen) atoms. The van der Waals surface area contributed by atoms with E-state index in [1.54, 1.807) is 18.1 Å². The second-order valence-corrected chi connectivity index (χ2v) is 4.19. The van der Waals surface area contributed by atoms with Gasteiger partial charge in [0.05, 0.1) is 5.75 Å². The van der Waals surface area contributed by atoms with Gasteiger partial charge in [-0.1, -0.05) is 6.92 Å². The first-order chi connectivity index (χ1) is 6.24. The largest absolute Gasteiger partial charge is 0.396 e. The fourth-order valence-corrected chi connectivity index (χ4v) is 1.91. The molecule has 0 saturated heterocycles. The summed E-state index contributed by atoms with van der Waals surface area (Å²) < 4.78 is 1.91. The smallest absolute Gasteiger partial charge is 0.142 e. The fraction of sp³-hybridized carbons (Fsp3) is 0.750. The van der Waals surface area contributed by atoms with Crippen molar-refractivity contribution in [2.24, 2.45) is 13.0 Å². The third kappa shape index (κ3) is 3.36. The number of aromatic nitrogens is 3. The van der Waals surface area contributed by atoms with Crippen LogP contribution >= 0.6 is 11.8 Å². The van der Waals surface area contributed by atoms with Crippen molar-refractivity contribution in [3.05, 3.63) is 12.2 Å². The van der Waals surface area contributed by atoms with Crippen molar-refractivity contribution < 1.29 is 5.11 Å². The van der Waals surface area contributed by atoms with Crippen LogP contribution in [-0.4, -0.2) is 32.2 Å². The molecule has 1 rings (SSSR count). The molecule has 4 nitrogen and oxygen atoms in total. The molecule has 0 aromatic carbocycles. The quantitative estimate of drug-likeness (QED) is 0.761. The third-order valence-corrected chi connectivity index (χ3v) is 3.02. The first-order valence-electron chi connectivity index (χ1n) is 4.25. The predicted octanol–water partition coefficient (Wildman–Crippen LogP) is 0.677. The second kappa shape index (κ2) is 5.24. The normalized spacial score (nSPS) is 13.2. The van der Waals surface area contributed by atoms with Gasteiger partial charge < -0.3 is 9.67 Å². The van der Waals surface area contributed by atoms with Crippen LogP contribution in [0, 0.1) is 5.92 Å². The summed E-state index contributed by atoms with van der Waals surface area (Å²) in [5.74, 6) is 3.16. The number of rotatable bonds is 5. The van der Waals surface area contributed by atoms with Crippen molar-refractivity contribution in [3.63, 3.8) is 0 Å². The molecule has 1 N–H and O–H groups in total. The number of aliphatic hydroxyl groups excluding tert-OH is 1. The molecule has 5 heteroatoms. The van der Waals surface area contributed by atoms with Crippen LogP contribution in [0.2, 0.25) is 0 Å². The number of nitrogens with zero attached hydrogens (tertiary/aromatic N) is 3. The van der Waals surface area contributed by atoms with Crippen molar-refractivity contribution >= 4 is 11.8 Å². The number of aliphatic hydroxyl groups is 1. The topological polar surface area (TPSA) is 50.9 Å². The zero-order valence-corrected chi connectivity index (χ0v) is 8.79. The molecule has 1 aromatic rings. The van der Waals surface area contributed by atoms with E-state index in [1.807, 2.05) is 18.5 Å². The Morgan fingerprint density at radius 3 is 3.00 bits per heavy atom. The molecule has 74 valence electrons. The van der Waals surface area contributed by atoms with E-state index < -0.39 is 0 Å². The summed E-state index contributed by atoms with van der Waals surface area (Å²) in [4.78, 5) is 0. The molecule has 1 aromatic heterocycles. The number of hydrogen-bond acceptors (Lipinski definition) is 4. The molecule has 0 aliphatic rings. The highest BCUT2D eigenvalue weighted by molar-refractivity contribution is 7.98. The number of thioether (sulfide) groups is 1.